The number of nitrogens with zero attached hydrogens (tertiary/aromatic N) is 1. The Morgan fingerprint density at radius 3 is 2.60 bits per heavy atom. The van der Waals surface area contributed by atoms with E-state index in [1.807, 2.05) is 0 Å². The molecule has 1 aromatic carbocycles. The number of carbonyl (C=O) groups is 2. The van der Waals surface area contributed by atoms with Crippen molar-refractivity contribution in [2.45, 2.75) is 31.7 Å². The molecule has 0 bridgehead atoms. The summed E-state index contributed by atoms with van der Waals surface area (Å²) < 4.78 is 0. The summed E-state index contributed by atoms with van der Waals surface area (Å²) in [5.41, 5.74) is 7.80. The molecule has 1 atom stereocenters. The number of amides is 1. The molecule has 3 aromatic rings. The van der Waals surface area contributed by atoms with Crippen LogP contribution in [0.1, 0.15) is 34.3 Å². The number of carbonyl (C=O) groups excluding carboxylic acids is 1. The fourth-order valence-corrected chi connectivity index (χ4v) is 3.21. The average Bonchev–Trinajstić information content (AvgIpc) is 3.12. The quantitative estimate of drug-likeness (QED) is 0.297. The zero-order valence-electron chi connectivity index (χ0n) is 16.1. The predicted molar refractivity (Wildman–Crippen MR) is 110 cm³/mol. The number of fused-ring (bicyclic) bond motifs is 1. The number of nitrogens with two attached hydrogens (primary N) is 1. The first-order chi connectivity index (χ1) is 14.4. The molecule has 0 saturated carbocycles. The molecule has 0 aliphatic heterocycles. The number of benzene rings is 1. The van der Waals surface area contributed by atoms with Crippen LogP contribution in [0.3, 0.4) is 0 Å². The van der Waals surface area contributed by atoms with Crippen LogP contribution in [0.15, 0.2) is 35.3 Å². The molecule has 0 saturated heterocycles. The Kier molecular flexibility index (Phi) is 6.48. The van der Waals surface area contributed by atoms with Crippen molar-refractivity contribution in [2.24, 2.45) is 0 Å². The molecule has 10 heteroatoms. The smallest absolute Gasteiger partial charge is 0.326 e. The number of rotatable bonds is 9. The van der Waals surface area contributed by atoms with Crippen molar-refractivity contribution < 1.29 is 19.8 Å². The van der Waals surface area contributed by atoms with Gasteiger partial charge in [-0.25, -0.2) is 4.79 Å². The molecule has 0 aliphatic carbocycles. The standard InChI is InChI=1S/C20H23N5O5/c21-20-24-16-15(18(28)25-20)13(10-22-16)8-5-11-3-6-12(7-4-11)17(27)23-14(19(29)30)2-1-9-26/h3-4,6-7,10,14,26H,1-2,5,8-9H2,(H,23,27)(H,29,30)(H4,21,22,24,25,28)/t14-/m0/s1. The molecule has 2 aromatic heterocycles. The first kappa shape index (κ1) is 21.1. The molecular weight excluding hydrogens is 390 g/mol. The lowest BCUT2D eigenvalue weighted by Gasteiger charge is -2.14. The van der Waals surface area contributed by atoms with Crippen molar-refractivity contribution in [1.29, 1.82) is 0 Å². The molecular formula is C20H23N5O5. The van der Waals surface area contributed by atoms with E-state index in [0.29, 0.717) is 29.4 Å². The third-order valence-electron chi connectivity index (χ3n) is 4.80. The monoisotopic (exact) mass is 413 g/mol. The highest BCUT2D eigenvalue weighted by molar-refractivity contribution is 5.96. The van der Waals surface area contributed by atoms with Crippen LogP contribution >= 0.6 is 0 Å². The Bertz CT molecular complexity index is 1100. The number of aryl methyl sites for hydroxylation is 2. The second-order valence-corrected chi connectivity index (χ2v) is 6.92. The lowest BCUT2D eigenvalue weighted by molar-refractivity contribution is -0.139. The Hall–Kier alpha value is -3.66. The van der Waals surface area contributed by atoms with Crippen molar-refractivity contribution in [3.05, 3.63) is 57.5 Å². The Morgan fingerprint density at radius 1 is 1.20 bits per heavy atom. The number of aliphatic hydroxyl groups is 1. The summed E-state index contributed by atoms with van der Waals surface area (Å²) in [5.74, 6) is -1.58. The van der Waals surface area contributed by atoms with Gasteiger partial charge in [-0.15, -0.1) is 0 Å². The van der Waals surface area contributed by atoms with Crippen molar-refractivity contribution in [3.8, 4) is 0 Å². The van der Waals surface area contributed by atoms with E-state index in [9.17, 15) is 19.5 Å². The zero-order valence-corrected chi connectivity index (χ0v) is 16.1. The van der Waals surface area contributed by atoms with Gasteiger partial charge in [-0.05, 0) is 48.9 Å². The van der Waals surface area contributed by atoms with Gasteiger partial charge in [-0.2, -0.15) is 4.98 Å². The fraction of sp³-hybridized carbons (Fsp3) is 0.300. The number of hydrogen-bond acceptors (Lipinski definition) is 6. The Labute approximate surface area is 171 Å². The van der Waals surface area contributed by atoms with Crippen molar-refractivity contribution >= 4 is 28.9 Å². The number of H-pyrrole nitrogens is 2. The number of aliphatic hydroxyl groups excluding tert-OH is 1. The van der Waals surface area contributed by atoms with Crippen molar-refractivity contribution in [3.63, 3.8) is 0 Å². The van der Waals surface area contributed by atoms with Gasteiger partial charge in [0.1, 0.15) is 11.7 Å². The molecule has 7 N–H and O–H groups in total. The summed E-state index contributed by atoms with van der Waals surface area (Å²) >= 11 is 0. The lowest BCUT2D eigenvalue weighted by atomic mass is 10.0. The normalized spacial score (nSPS) is 12.0. The van der Waals surface area contributed by atoms with Gasteiger partial charge < -0.3 is 26.2 Å². The first-order valence-corrected chi connectivity index (χ1v) is 9.48. The molecule has 0 unspecified atom stereocenters. The maximum absolute atomic E-state index is 12.3. The molecule has 2 heterocycles. The number of hydrogen-bond donors (Lipinski definition) is 6. The fourth-order valence-electron chi connectivity index (χ4n) is 3.21. The van der Waals surface area contributed by atoms with Crippen LogP contribution in [0.5, 0.6) is 0 Å². The van der Waals surface area contributed by atoms with E-state index in [1.165, 1.54) is 0 Å². The third kappa shape index (κ3) is 4.84. The average molecular weight is 413 g/mol. The van der Waals surface area contributed by atoms with Gasteiger partial charge >= 0.3 is 5.97 Å². The minimum Gasteiger partial charge on any atom is -0.480 e. The summed E-state index contributed by atoms with van der Waals surface area (Å²) in [7, 11) is 0. The van der Waals surface area contributed by atoms with E-state index in [2.05, 4.69) is 20.3 Å². The minimum absolute atomic E-state index is 0.0521. The second kappa shape index (κ2) is 9.23. The summed E-state index contributed by atoms with van der Waals surface area (Å²) in [6.45, 7) is -0.139. The van der Waals surface area contributed by atoms with Crippen LogP contribution in [-0.2, 0) is 17.6 Å². The largest absolute Gasteiger partial charge is 0.480 e. The SMILES string of the molecule is Nc1nc2[nH]cc(CCc3ccc(C(=O)N[C@@H](CCCO)C(=O)O)cc3)c2c(=O)[nH]1. The molecule has 30 heavy (non-hydrogen) atoms. The summed E-state index contributed by atoms with van der Waals surface area (Å²) in [4.78, 5) is 45.1. The van der Waals surface area contributed by atoms with Crippen LogP contribution in [0.25, 0.3) is 11.0 Å². The van der Waals surface area contributed by atoms with Crippen LogP contribution < -0.4 is 16.6 Å². The number of nitrogen functional groups attached to an aromatic ring is 1. The number of nitrogens with one attached hydrogen (secondary N) is 3. The van der Waals surface area contributed by atoms with Crippen LogP contribution in [0.4, 0.5) is 5.95 Å². The number of carboxylic acids is 1. The van der Waals surface area contributed by atoms with E-state index in [-0.39, 0.29) is 31.0 Å². The maximum atomic E-state index is 12.3. The summed E-state index contributed by atoms with van der Waals surface area (Å²) in [6.07, 6.45) is 3.39. The zero-order chi connectivity index (χ0) is 21.7. The van der Waals surface area contributed by atoms with Crippen molar-refractivity contribution in [2.75, 3.05) is 12.3 Å². The second-order valence-electron chi connectivity index (χ2n) is 6.92. The van der Waals surface area contributed by atoms with E-state index < -0.39 is 17.9 Å². The van der Waals surface area contributed by atoms with Gasteiger partial charge in [0.25, 0.3) is 11.5 Å². The molecule has 0 spiro atoms. The number of anilines is 1. The minimum atomic E-state index is -1.14. The molecule has 0 radical (unpaired) electrons. The summed E-state index contributed by atoms with van der Waals surface area (Å²) in [5, 5.41) is 21.0. The number of aromatic amines is 2. The molecule has 1 amide bonds. The Morgan fingerprint density at radius 2 is 1.93 bits per heavy atom. The van der Waals surface area contributed by atoms with Gasteiger partial charge in [-0.1, -0.05) is 12.1 Å². The van der Waals surface area contributed by atoms with Crippen molar-refractivity contribution in [1.82, 2.24) is 20.3 Å². The topological polar surface area (TPSA) is 174 Å². The molecule has 158 valence electrons. The van der Waals surface area contributed by atoms with E-state index in [4.69, 9.17) is 10.8 Å². The highest BCUT2D eigenvalue weighted by Crippen LogP contribution is 2.16. The third-order valence-corrected chi connectivity index (χ3v) is 4.80. The van der Waals surface area contributed by atoms with Gasteiger partial charge in [0.2, 0.25) is 5.95 Å². The lowest BCUT2D eigenvalue weighted by Crippen LogP contribution is -2.40. The number of aromatic nitrogens is 3. The van der Waals surface area contributed by atoms with Gasteiger partial charge in [0.15, 0.2) is 0 Å². The van der Waals surface area contributed by atoms with Crippen LogP contribution in [0.2, 0.25) is 0 Å². The van der Waals surface area contributed by atoms with Gasteiger partial charge in [0.05, 0.1) is 5.39 Å². The number of aliphatic carboxylic acids is 1. The van der Waals surface area contributed by atoms with Crippen LogP contribution in [0, 0.1) is 0 Å². The maximum Gasteiger partial charge on any atom is 0.326 e. The van der Waals surface area contributed by atoms with Crippen LogP contribution in [-0.4, -0.2) is 49.7 Å². The highest BCUT2D eigenvalue weighted by Gasteiger charge is 2.20. The Balaban J connectivity index is 1.64. The van der Waals surface area contributed by atoms with E-state index >= 15 is 0 Å². The van der Waals surface area contributed by atoms with E-state index in [1.54, 1.807) is 30.5 Å². The molecule has 10 nitrogen and oxygen atoms in total. The summed E-state index contributed by atoms with van der Waals surface area (Å²) in [6, 6.07) is 5.77. The highest BCUT2D eigenvalue weighted by atomic mass is 16.4. The molecule has 0 aliphatic rings. The number of carboxylic acid groups (broad SMARTS) is 1. The molecule has 0 fully saturated rings. The first-order valence-electron chi connectivity index (χ1n) is 9.48. The van der Waals surface area contributed by atoms with Gasteiger partial charge in [-0.3, -0.25) is 14.6 Å². The van der Waals surface area contributed by atoms with Gasteiger partial charge in [0, 0.05) is 18.4 Å². The molecule has 3 rings (SSSR count). The van der Waals surface area contributed by atoms with E-state index in [0.717, 1.165) is 11.1 Å². The predicted octanol–water partition coefficient (Wildman–Crippen LogP) is 0.574.